The van der Waals surface area contributed by atoms with Crippen molar-refractivity contribution in [1.29, 1.82) is 0 Å². The van der Waals surface area contributed by atoms with Gasteiger partial charge >= 0.3 is 5.97 Å². The Kier molecular flexibility index (Phi) is 3.22. The molecule has 0 amide bonds. The maximum Gasteiger partial charge on any atom is 0.309 e. The molecule has 2 saturated heterocycles. The minimum absolute atomic E-state index is 0.290. The van der Waals surface area contributed by atoms with Crippen LogP contribution >= 0.6 is 0 Å². The Morgan fingerprint density at radius 2 is 2.06 bits per heavy atom. The highest BCUT2D eigenvalue weighted by Crippen LogP contribution is 2.40. The summed E-state index contributed by atoms with van der Waals surface area (Å²) >= 11 is 0. The van der Waals surface area contributed by atoms with Crippen molar-refractivity contribution in [1.82, 2.24) is 4.90 Å². The van der Waals surface area contributed by atoms with E-state index in [9.17, 15) is 9.90 Å². The number of hydrogen-bond donors (Lipinski definition) is 1. The first kappa shape index (κ1) is 11.9. The maximum absolute atomic E-state index is 11.2. The molecule has 1 N–H and O–H groups in total. The van der Waals surface area contributed by atoms with Crippen molar-refractivity contribution in [3.8, 4) is 0 Å². The first-order valence-corrected chi connectivity index (χ1v) is 6.16. The van der Waals surface area contributed by atoms with Crippen LogP contribution in [0.1, 0.15) is 33.1 Å². The number of rotatable bonds is 2. The van der Waals surface area contributed by atoms with E-state index in [1.165, 1.54) is 0 Å². The van der Waals surface area contributed by atoms with E-state index < -0.39 is 5.97 Å². The zero-order chi connectivity index (χ0) is 11.8. The number of carboxylic acids is 1. The third kappa shape index (κ3) is 1.96. The second kappa shape index (κ2) is 4.34. The zero-order valence-corrected chi connectivity index (χ0v) is 10.1. The molecule has 16 heavy (non-hydrogen) atoms. The summed E-state index contributed by atoms with van der Waals surface area (Å²) < 4.78 is 5.78. The summed E-state index contributed by atoms with van der Waals surface area (Å²) in [7, 11) is 0. The fourth-order valence-electron chi connectivity index (χ4n) is 3.00. The monoisotopic (exact) mass is 227 g/mol. The maximum atomic E-state index is 11.2. The number of carbonyl (C=O) groups is 1. The lowest BCUT2D eigenvalue weighted by molar-refractivity contribution is -0.151. The number of aliphatic carboxylic acids is 1. The summed E-state index contributed by atoms with van der Waals surface area (Å²) in [5, 5.41) is 9.21. The highest BCUT2D eigenvalue weighted by molar-refractivity contribution is 5.72. The summed E-state index contributed by atoms with van der Waals surface area (Å²) in [5.74, 6) is -0.975. The van der Waals surface area contributed by atoms with Gasteiger partial charge in [0.05, 0.1) is 11.5 Å². The molecule has 2 heterocycles. The molecule has 4 heteroatoms. The average Bonchev–Trinajstić information content (AvgIpc) is 2.62. The van der Waals surface area contributed by atoms with Crippen LogP contribution in [0.25, 0.3) is 0 Å². The number of nitrogens with zero attached hydrogens (tertiary/aromatic N) is 1. The van der Waals surface area contributed by atoms with E-state index in [1.54, 1.807) is 0 Å². The van der Waals surface area contributed by atoms with Crippen LogP contribution in [0.2, 0.25) is 0 Å². The zero-order valence-electron chi connectivity index (χ0n) is 10.1. The minimum atomic E-state index is -0.685. The average molecular weight is 227 g/mol. The molecular weight excluding hydrogens is 206 g/mol. The summed E-state index contributed by atoms with van der Waals surface area (Å²) in [6, 6.07) is 0.544. The number of carboxylic acid groups (broad SMARTS) is 1. The van der Waals surface area contributed by atoms with Crippen LogP contribution in [0.5, 0.6) is 0 Å². The quantitative estimate of drug-likeness (QED) is 0.773. The van der Waals surface area contributed by atoms with Crippen LogP contribution in [-0.2, 0) is 9.53 Å². The van der Waals surface area contributed by atoms with Gasteiger partial charge in [0.25, 0.3) is 0 Å². The van der Waals surface area contributed by atoms with Crippen LogP contribution < -0.4 is 0 Å². The topological polar surface area (TPSA) is 49.8 Å². The fourth-order valence-corrected chi connectivity index (χ4v) is 3.00. The molecule has 2 aliphatic heterocycles. The second-order valence-corrected chi connectivity index (χ2v) is 5.22. The molecule has 92 valence electrons. The van der Waals surface area contributed by atoms with E-state index in [0.29, 0.717) is 19.1 Å². The van der Waals surface area contributed by atoms with Crippen molar-refractivity contribution in [2.24, 2.45) is 5.92 Å². The highest BCUT2D eigenvalue weighted by atomic mass is 16.5. The number of piperidine rings is 1. The summed E-state index contributed by atoms with van der Waals surface area (Å²) in [5.41, 5.74) is -0.364. The van der Waals surface area contributed by atoms with Crippen LogP contribution in [-0.4, -0.2) is 47.3 Å². The summed E-state index contributed by atoms with van der Waals surface area (Å²) in [6.07, 6.45) is 2.40. The molecule has 0 aliphatic carbocycles. The Labute approximate surface area is 96.6 Å². The van der Waals surface area contributed by atoms with Crippen molar-refractivity contribution in [3.05, 3.63) is 0 Å². The molecule has 4 nitrogen and oxygen atoms in total. The van der Waals surface area contributed by atoms with Crippen molar-refractivity contribution >= 4 is 5.97 Å². The number of hydrogen-bond acceptors (Lipinski definition) is 3. The van der Waals surface area contributed by atoms with Gasteiger partial charge in [-0.15, -0.1) is 0 Å². The molecule has 0 aromatic carbocycles. The predicted octanol–water partition coefficient (Wildman–Crippen LogP) is 1.35. The van der Waals surface area contributed by atoms with Crippen LogP contribution in [0.4, 0.5) is 0 Å². The molecule has 1 spiro atoms. The van der Waals surface area contributed by atoms with E-state index in [1.807, 2.05) is 0 Å². The molecule has 0 bridgehead atoms. The van der Waals surface area contributed by atoms with Gasteiger partial charge in [-0.05, 0) is 33.1 Å². The fraction of sp³-hybridized carbons (Fsp3) is 0.917. The van der Waals surface area contributed by atoms with Gasteiger partial charge in [-0.2, -0.15) is 0 Å². The van der Waals surface area contributed by atoms with Crippen molar-refractivity contribution in [3.63, 3.8) is 0 Å². The Morgan fingerprint density at radius 1 is 1.44 bits per heavy atom. The summed E-state index contributed by atoms with van der Waals surface area (Å²) in [6.45, 7) is 6.89. The highest BCUT2D eigenvalue weighted by Gasteiger charge is 2.49. The first-order valence-electron chi connectivity index (χ1n) is 6.16. The lowest BCUT2D eigenvalue weighted by Gasteiger charge is -2.42. The van der Waals surface area contributed by atoms with Crippen LogP contribution in [0.3, 0.4) is 0 Å². The molecule has 2 rings (SSSR count). The van der Waals surface area contributed by atoms with Gasteiger partial charge in [0, 0.05) is 25.7 Å². The van der Waals surface area contributed by atoms with E-state index in [2.05, 4.69) is 18.7 Å². The minimum Gasteiger partial charge on any atom is -0.481 e. The first-order chi connectivity index (χ1) is 7.55. The largest absolute Gasteiger partial charge is 0.481 e. The standard InChI is InChI=1S/C12H21NO3/c1-9(2)13-6-4-12(5-7-13)10(11(14)15)3-8-16-12/h9-10H,3-8H2,1-2H3,(H,14,15). The predicted molar refractivity (Wildman–Crippen MR) is 60.4 cm³/mol. The number of likely N-dealkylation sites (tertiary alicyclic amines) is 1. The number of ether oxygens (including phenoxy) is 1. The third-order valence-corrected chi connectivity index (χ3v) is 4.10. The molecule has 1 unspecified atom stereocenters. The van der Waals surface area contributed by atoms with Gasteiger partial charge in [-0.25, -0.2) is 0 Å². The van der Waals surface area contributed by atoms with Crippen LogP contribution in [0, 0.1) is 5.92 Å². The molecule has 0 radical (unpaired) electrons. The van der Waals surface area contributed by atoms with Crippen molar-refractivity contribution in [2.75, 3.05) is 19.7 Å². The van der Waals surface area contributed by atoms with E-state index in [0.717, 1.165) is 25.9 Å². The van der Waals surface area contributed by atoms with Crippen LogP contribution in [0.15, 0.2) is 0 Å². The van der Waals surface area contributed by atoms with Gasteiger partial charge in [0.15, 0.2) is 0 Å². The molecule has 1 atom stereocenters. The van der Waals surface area contributed by atoms with E-state index >= 15 is 0 Å². The van der Waals surface area contributed by atoms with Gasteiger partial charge < -0.3 is 14.7 Å². The molecule has 0 saturated carbocycles. The molecule has 2 aliphatic rings. The van der Waals surface area contributed by atoms with Crippen molar-refractivity contribution in [2.45, 2.75) is 44.8 Å². The van der Waals surface area contributed by atoms with E-state index in [-0.39, 0.29) is 11.5 Å². The SMILES string of the molecule is CC(C)N1CCC2(CC1)OCCC2C(=O)O. The van der Waals surface area contributed by atoms with Gasteiger partial charge in [-0.1, -0.05) is 0 Å². The Balaban J connectivity index is 2.03. The molecule has 0 aromatic rings. The van der Waals surface area contributed by atoms with E-state index in [4.69, 9.17) is 4.74 Å². The lowest BCUT2D eigenvalue weighted by Crippen LogP contribution is -2.51. The van der Waals surface area contributed by atoms with Gasteiger partial charge in [-0.3, -0.25) is 4.79 Å². The molecule has 2 fully saturated rings. The Morgan fingerprint density at radius 3 is 2.56 bits per heavy atom. The van der Waals surface area contributed by atoms with Gasteiger partial charge in [0.1, 0.15) is 0 Å². The Bertz CT molecular complexity index is 269. The Hall–Kier alpha value is -0.610. The lowest BCUT2D eigenvalue weighted by atomic mass is 9.79. The molecule has 0 aromatic heterocycles. The molecular formula is C12H21NO3. The van der Waals surface area contributed by atoms with Gasteiger partial charge in [0.2, 0.25) is 0 Å². The smallest absolute Gasteiger partial charge is 0.309 e. The normalized spacial score (nSPS) is 30.1. The third-order valence-electron chi connectivity index (χ3n) is 4.10. The summed E-state index contributed by atoms with van der Waals surface area (Å²) in [4.78, 5) is 13.6. The van der Waals surface area contributed by atoms with Crippen molar-refractivity contribution < 1.29 is 14.6 Å². The second-order valence-electron chi connectivity index (χ2n) is 5.22.